The van der Waals surface area contributed by atoms with Gasteiger partial charge in [0.1, 0.15) is 17.7 Å². The number of hydrogen-bond acceptors (Lipinski definition) is 5. The number of rotatable bonds is 9. The maximum absolute atomic E-state index is 14.0. The lowest BCUT2D eigenvalue weighted by atomic mass is 9.92. The van der Waals surface area contributed by atoms with Gasteiger partial charge in [-0.25, -0.2) is 0 Å². The minimum absolute atomic E-state index is 0.0554. The molecule has 40 heavy (non-hydrogen) atoms. The van der Waals surface area contributed by atoms with Crippen LogP contribution in [0.2, 0.25) is 0 Å². The Morgan fingerprint density at radius 3 is 1.82 bits per heavy atom. The lowest BCUT2D eigenvalue weighted by molar-refractivity contribution is -0.139. The minimum atomic E-state index is -1.06. The zero-order chi connectivity index (χ0) is 27.7. The first-order chi connectivity index (χ1) is 19.6. The Balaban J connectivity index is 1.47. The fraction of sp³-hybridized carbons (Fsp3) is 0.312. The Bertz CT molecular complexity index is 1320. The molecule has 8 nitrogen and oxygen atoms in total. The third-order valence-electron chi connectivity index (χ3n) is 7.58. The molecule has 1 saturated carbocycles. The van der Waals surface area contributed by atoms with Crippen LogP contribution in [-0.2, 0) is 27.5 Å². The maximum atomic E-state index is 14.0. The molecule has 206 valence electrons. The van der Waals surface area contributed by atoms with Crippen molar-refractivity contribution < 1.29 is 14.4 Å². The van der Waals surface area contributed by atoms with Crippen molar-refractivity contribution in [2.24, 2.45) is 11.0 Å². The zero-order valence-electron chi connectivity index (χ0n) is 22.5. The summed E-state index contributed by atoms with van der Waals surface area (Å²) in [5.74, 6) is -2.18. The van der Waals surface area contributed by atoms with E-state index in [0.717, 1.165) is 43.2 Å². The van der Waals surface area contributed by atoms with Crippen molar-refractivity contribution in [1.29, 1.82) is 0 Å². The third-order valence-corrected chi connectivity index (χ3v) is 7.58. The summed E-state index contributed by atoms with van der Waals surface area (Å²) in [4.78, 5) is 43.3. The van der Waals surface area contributed by atoms with Crippen LogP contribution < -0.4 is 16.1 Å². The van der Waals surface area contributed by atoms with Gasteiger partial charge in [-0.2, -0.15) is 5.10 Å². The van der Waals surface area contributed by atoms with Gasteiger partial charge in [0.15, 0.2) is 0 Å². The highest BCUT2D eigenvalue weighted by Crippen LogP contribution is 2.33. The smallest absolute Gasteiger partial charge is 0.271 e. The fourth-order valence-electron chi connectivity index (χ4n) is 5.54. The van der Waals surface area contributed by atoms with E-state index in [-0.39, 0.29) is 30.1 Å². The summed E-state index contributed by atoms with van der Waals surface area (Å²) < 4.78 is 0. The van der Waals surface area contributed by atoms with Crippen molar-refractivity contribution in [3.05, 3.63) is 102 Å². The second-order valence-corrected chi connectivity index (χ2v) is 10.3. The molecule has 0 bridgehead atoms. The highest BCUT2D eigenvalue weighted by molar-refractivity contribution is 6.46. The van der Waals surface area contributed by atoms with Gasteiger partial charge in [-0.05, 0) is 36.1 Å². The molecule has 1 aliphatic carbocycles. The van der Waals surface area contributed by atoms with Crippen molar-refractivity contribution in [3.8, 4) is 0 Å². The molecular formula is C32H35N5O3. The van der Waals surface area contributed by atoms with E-state index in [4.69, 9.17) is 0 Å². The Labute approximate surface area is 234 Å². The van der Waals surface area contributed by atoms with Crippen LogP contribution >= 0.6 is 0 Å². The van der Waals surface area contributed by atoms with E-state index in [1.54, 1.807) is 4.90 Å². The molecule has 3 aromatic carbocycles. The van der Waals surface area contributed by atoms with Crippen LogP contribution in [0, 0.1) is 5.92 Å². The number of hydrogen-bond donors (Lipinski definition) is 3. The summed E-state index contributed by atoms with van der Waals surface area (Å²) in [7, 11) is 0. The molecule has 0 radical (unpaired) electrons. The first-order valence-electron chi connectivity index (χ1n) is 14.0. The molecule has 0 spiro atoms. The van der Waals surface area contributed by atoms with Crippen molar-refractivity contribution in [3.63, 3.8) is 0 Å². The SMILES string of the molecule is O=C(NCc1ccccc1)[C@H]1/C(=N\Nc2ccccc2)C(=O)N(C2CCCCC2)[C@H]1C(=O)NCc1ccccc1. The summed E-state index contributed by atoms with van der Waals surface area (Å²) >= 11 is 0. The normalized spacial score (nSPS) is 20.4. The summed E-state index contributed by atoms with van der Waals surface area (Å²) in [6, 6.07) is 27.3. The lowest BCUT2D eigenvalue weighted by Crippen LogP contribution is -2.53. The Morgan fingerprint density at radius 1 is 0.725 bits per heavy atom. The minimum Gasteiger partial charge on any atom is -0.351 e. The van der Waals surface area contributed by atoms with Gasteiger partial charge in [0.25, 0.3) is 5.91 Å². The van der Waals surface area contributed by atoms with Crippen LogP contribution in [0.3, 0.4) is 0 Å². The number of amides is 3. The number of para-hydroxylation sites is 1. The van der Waals surface area contributed by atoms with Crippen molar-refractivity contribution in [2.45, 2.75) is 57.3 Å². The fourth-order valence-corrected chi connectivity index (χ4v) is 5.54. The largest absolute Gasteiger partial charge is 0.351 e. The number of hydrazone groups is 1. The molecule has 5 rings (SSSR count). The standard InChI is InChI=1S/C32H35N5O3/c38-30(33-21-23-13-5-1-6-14-23)27-28(36-35-25-17-9-3-10-18-25)32(40)37(26-19-11-4-12-20-26)29(27)31(39)34-22-24-15-7-2-8-16-24/h1-3,5-10,13-18,26-27,29,35H,4,11-12,19-22H2,(H,33,38)(H,34,39)/b36-28+/t27-,29+/m0/s1. The van der Waals surface area contributed by atoms with Gasteiger partial charge >= 0.3 is 0 Å². The first kappa shape index (κ1) is 27.1. The number of carbonyl (C=O) groups excluding carboxylic acids is 3. The van der Waals surface area contributed by atoms with Gasteiger partial charge < -0.3 is 15.5 Å². The summed E-state index contributed by atoms with van der Waals surface area (Å²) in [6.07, 6.45) is 4.65. The highest BCUT2D eigenvalue weighted by Gasteiger charge is 2.54. The van der Waals surface area contributed by atoms with Crippen LogP contribution in [-0.4, -0.2) is 40.4 Å². The molecule has 2 fully saturated rings. The van der Waals surface area contributed by atoms with Crippen molar-refractivity contribution in [1.82, 2.24) is 15.5 Å². The van der Waals surface area contributed by atoms with E-state index in [1.807, 2.05) is 91.0 Å². The molecule has 3 aromatic rings. The van der Waals surface area contributed by atoms with Gasteiger partial charge in [-0.1, -0.05) is 98.1 Å². The first-order valence-corrected chi connectivity index (χ1v) is 14.0. The number of nitrogens with zero attached hydrogens (tertiary/aromatic N) is 2. The van der Waals surface area contributed by atoms with E-state index in [2.05, 4.69) is 21.2 Å². The molecule has 2 aliphatic rings. The maximum Gasteiger partial charge on any atom is 0.271 e. The van der Waals surface area contributed by atoms with Crippen LogP contribution in [0.25, 0.3) is 0 Å². The van der Waals surface area contributed by atoms with E-state index in [1.165, 1.54) is 0 Å². The molecule has 3 N–H and O–H groups in total. The summed E-state index contributed by atoms with van der Waals surface area (Å²) in [5.41, 5.74) is 5.55. The number of anilines is 1. The van der Waals surface area contributed by atoms with Gasteiger partial charge in [-0.3, -0.25) is 19.8 Å². The highest BCUT2D eigenvalue weighted by atomic mass is 16.2. The van der Waals surface area contributed by atoms with Gasteiger partial charge in [-0.15, -0.1) is 0 Å². The molecule has 8 heteroatoms. The van der Waals surface area contributed by atoms with E-state index in [0.29, 0.717) is 12.2 Å². The molecule has 1 aliphatic heterocycles. The Kier molecular flexibility index (Phi) is 8.86. The number of carbonyl (C=O) groups is 3. The number of benzene rings is 3. The van der Waals surface area contributed by atoms with Gasteiger partial charge in [0.2, 0.25) is 11.8 Å². The second-order valence-electron chi connectivity index (χ2n) is 10.3. The Hall–Kier alpha value is -4.46. The average Bonchev–Trinajstić information content (AvgIpc) is 3.31. The molecule has 2 atom stereocenters. The predicted octanol–water partition coefficient (Wildman–Crippen LogP) is 4.25. The zero-order valence-corrected chi connectivity index (χ0v) is 22.5. The second kappa shape index (κ2) is 13.1. The molecule has 0 aromatic heterocycles. The van der Waals surface area contributed by atoms with Crippen molar-refractivity contribution >= 4 is 29.1 Å². The van der Waals surface area contributed by atoms with Crippen LogP contribution in [0.5, 0.6) is 0 Å². The molecule has 3 amide bonds. The monoisotopic (exact) mass is 537 g/mol. The molecular weight excluding hydrogens is 502 g/mol. The molecule has 0 unspecified atom stereocenters. The average molecular weight is 538 g/mol. The topological polar surface area (TPSA) is 103 Å². The molecule has 1 heterocycles. The lowest BCUT2D eigenvalue weighted by Gasteiger charge is -2.35. The van der Waals surface area contributed by atoms with Gasteiger partial charge in [0.05, 0.1) is 5.69 Å². The van der Waals surface area contributed by atoms with Crippen LogP contribution in [0.1, 0.15) is 43.2 Å². The van der Waals surface area contributed by atoms with Crippen molar-refractivity contribution in [2.75, 3.05) is 5.43 Å². The molecule has 1 saturated heterocycles. The summed E-state index contributed by atoms with van der Waals surface area (Å²) in [5, 5.41) is 10.4. The number of nitrogens with one attached hydrogen (secondary N) is 3. The van der Waals surface area contributed by atoms with Crippen LogP contribution in [0.4, 0.5) is 5.69 Å². The van der Waals surface area contributed by atoms with E-state index >= 15 is 0 Å². The quantitative estimate of drug-likeness (QED) is 0.355. The van der Waals surface area contributed by atoms with Gasteiger partial charge in [0, 0.05) is 19.1 Å². The van der Waals surface area contributed by atoms with E-state index < -0.39 is 17.9 Å². The predicted molar refractivity (Wildman–Crippen MR) is 155 cm³/mol. The number of likely N-dealkylation sites (tertiary alicyclic amines) is 1. The summed E-state index contributed by atoms with van der Waals surface area (Å²) in [6.45, 7) is 0.585. The Morgan fingerprint density at radius 2 is 1.25 bits per heavy atom. The van der Waals surface area contributed by atoms with Crippen LogP contribution in [0.15, 0.2) is 96.1 Å². The van der Waals surface area contributed by atoms with E-state index in [9.17, 15) is 14.4 Å². The third kappa shape index (κ3) is 6.39.